The summed E-state index contributed by atoms with van der Waals surface area (Å²) >= 11 is 2.32. The molecule has 0 bridgehead atoms. The molecule has 0 saturated carbocycles. The zero-order valence-electron chi connectivity index (χ0n) is 63.6. The number of aromatic nitrogens is 1. The van der Waals surface area contributed by atoms with E-state index in [1.165, 1.54) is 55.0 Å². The summed E-state index contributed by atoms with van der Waals surface area (Å²) in [5.41, 5.74) is 8.62. The zero-order chi connectivity index (χ0) is 80.2. The highest BCUT2D eigenvalue weighted by Gasteiger charge is 2.44. The number of aliphatic imine (C=N–C) groups is 2. The predicted octanol–water partition coefficient (Wildman–Crippen LogP) is 7.77. The highest BCUT2D eigenvalue weighted by molar-refractivity contribution is 8.77. The second-order valence-electron chi connectivity index (χ2n) is 28.8. The number of nitrogens with zero attached hydrogens (tertiary/aromatic N) is 6. The number of ether oxygens (including phenoxy) is 3. The predicted molar refractivity (Wildman–Crippen MR) is 432 cm³/mol. The molecule has 1 aromatic heterocycles. The minimum atomic E-state index is -1.94. The van der Waals surface area contributed by atoms with Crippen molar-refractivity contribution >= 4 is 151 Å². The van der Waals surface area contributed by atoms with Crippen LogP contribution in [0.25, 0.3) is 10.9 Å². The number of carbonyl (C=O) groups is 12. The van der Waals surface area contributed by atoms with E-state index in [0.29, 0.717) is 66.0 Å². The number of esters is 1. The average Bonchev–Trinajstić information content (AvgIpc) is 1.73. The Bertz CT molecular complexity index is 4070. The van der Waals surface area contributed by atoms with E-state index >= 15 is 9.59 Å². The van der Waals surface area contributed by atoms with Crippen molar-refractivity contribution < 1.29 is 71.7 Å². The topological polar surface area (TPSA) is 384 Å². The molecule has 8 atom stereocenters. The molecule has 3 aliphatic rings. The van der Waals surface area contributed by atoms with E-state index in [1.54, 1.807) is 54.7 Å². The van der Waals surface area contributed by atoms with E-state index in [1.807, 2.05) is 94.4 Å². The molecule has 9 N–H and O–H groups in total. The first-order chi connectivity index (χ1) is 53.1. The Hall–Kier alpha value is -9.44. The lowest BCUT2D eigenvalue weighted by atomic mass is 9.91. The third-order valence-corrected chi connectivity index (χ3v) is 24.1. The van der Waals surface area contributed by atoms with E-state index in [-0.39, 0.29) is 99.9 Å². The molecule has 0 radical (unpaired) electrons. The molecule has 111 heavy (non-hydrogen) atoms. The van der Waals surface area contributed by atoms with Gasteiger partial charge in [0.25, 0.3) is 5.91 Å². The number of nitrogens with two attached hydrogens (primary N) is 1. The van der Waals surface area contributed by atoms with Crippen LogP contribution in [0.5, 0.6) is 0 Å². The number of amides is 10. The van der Waals surface area contributed by atoms with Crippen LogP contribution in [0.3, 0.4) is 0 Å². The number of aromatic amines is 1. The number of benzene rings is 4. The third-order valence-electron chi connectivity index (χ3n) is 18.7. The van der Waals surface area contributed by atoms with Gasteiger partial charge in [0.1, 0.15) is 61.0 Å². The molecule has 5 aromatic rings. The van der Waals surface area contributed by atoms with Gasteiger partial charge in [-0.1, -0.05) is 127 Å². The van der Waals surface area contributed by atoms with E-state index in [4.69, 9.17) is 19.9 Å². The van der Waals surface area contributed by atoms with Gasteiger partial charge in [-0.25, -0.2) is 14.4 Å². The molecule has 3 saturated heterocycles. The van der Waals surface area contributed by atoms with Gasteiger partial charge in [-0.15, -0.1) is 11.8 Å². The summed E-state index contributed by atoms with van der Waals surface area (Å²) in [5, 5.41) is 17.1. The fraction of sp³-hybridized carbons (Fsp3) is 0.487. The average molecular weight is 1600 g/mol. The van der Waals surface area contributed by atoms with Crippen molar-refractivity contribution in [3.63, 3.8) is 0 Å². The number of thioether (sulfide) groups is 2. The maximum Gasteiger partial charge on any atom is 0.411 e. The standard InChI is InChI=1S/C78H102N14O15S4/c1-77(2,3)111-110-47-61(87-75(103)106-43-50-28-32-54(80-5)33-29-50)69(97)84-59(25-15-17-37-89(7)8)70(98)88-78(4,41-53-42-83-57-23-13-12-22-56(53)57)74(102)105-45-65(93)90-38-19-27-63(90)72(100)85-58(24-14-16-36-82-71(99)64-48-108-49-92(64)76(104)107-44-51-30-34-55(81-6)35-31-51)68(96)86-60(73(101)91-39-18-26-62(91)67(79)95)40-66(94)109-46-52-20-10-9-11-21-52/h9-13,20-23,28-35,42,58-64,83H,5-6,14-19,24-27,36-41,43-49H2,1-4,7-8H3,(H2,79,95)(H,82,99)(H,84,97)(H,85,100)(H,86,96)(H,87,103)(H,88,98)/t58-,59-,60-,61-,62-,63-,64-,78-/m0/s1. The highest BCUT2D eigenvalue weighted by Crippen LogP contribution is 2.36. The first-order valence-corrected chi connectivity index (χ1v) is 41.4. The molecule has 10 amide bonds. The second kappa shape index (κ2) is 42.8. The lowest BCUT2D eigenvalue weighted by Gasteiger charge is -2.32. The number of nitrogens with one attached hydrogen (secondary N) is 7. The van der Waals surface area contributed by atoms with Crippen LogP contribution in [0.4, 0.5) is 21.0 Å². The van der Waals surface area contributed by atoms with Gasteiger partial charge in [-0.3, -0.25) is 58.0 Å². The minimum absolute atomic E-state index is 0.0268. The van der Waals surface area contributed by atoms with Crippen LogP contribution >= 0.6 is 45.1 Å². The molecule has 0 unspecified atom stereocenters. The lowest BCUT2D eigenvalue weighted by Crippen LogP contribution is -2.61. The Morgan fingerprint density at radius 1 is 0.658 bits per heavy atom. The molecule has 0 aliphatic carbocycles. The van der Waals surface area contributed by atoms with Crippen molar-refractivity contribution in [3.05, 3.63) is 132 Å². The normalized spacial score (nSPS) is 17.1. The second-order valence-corrected chi connectivity index (χ2v) is 34.0. The van der Waals surface area contributed by atoms with Gasteiger partial charge in [0.2, 0.25) is 41.4 Å². The monoisotopic (exact) mass is 1600 g/mol. The van der Waals surface area contributed by atoms with Crippen LogP contribution in [0.2, 0.25) is 0 Å². The lowest BCUT2D eigenvalue weighted by molar-refractivity contribution is -0.159. The quantitative estimate of drug-likeness (QED) is 0.00610. The van der Waals surface area contributed by atoms with E-state index in [2.05, 4.69) is 60.3 Å². The summed E-state index contributed by atoms with van der Waals surface area (Å²) in [4.78, 5) is 187. The fourth-order valence-electron chi connectivity index (χ4n) is 12.8. The highest BCUT2D eigenvalue weighted by atomic mass is 33.1. The molecular formula is C78H102N14O15S4. The van der Waals surface area contributed by atoms with Gasteiger partial charge in [-0.2, -0.15) is 0 Å². The van der Waals surface area contributed by atoms with E-state index in [9.17, 15) is 47.9 Å². The SMILES string of the molecule is C=Nc1ccc(COC(=O)N[C@@H](CSSC(C)(C)C)C(=O)N[C@@H](CCCCN(C)C)C(=O)N[C@@](C)(Cc2c[nH]c3ccccc23)C(=O)OCC(=O)N2CCC[C@H]2C(=O)N[C@@H](CCCCNC(=O)[C@@H]2CSCN2C(=O)OCc2ccc(N=C)cc2)C(=O)N[C@@H](CC(=O)SCc2ccccc2)C(=O)N2CCC[C@H]2C(N)=O)cc1. The molecule has 29 nitrogen and oxygen atoms in total. The fourth-order valence-corrected chi connectivity index (χ4v) is 17.2. The molecular weight excluding hydrogens is 1500 g/mol. The van der Waals surface area contributed by atoms with Gasteiger partial charge >= 0.3 is 18.2 Å². The Balaban J connectivity index is 0.982. The molecule has 4 aromatic carbocycles. The van der Waals surface area contributed by atoms with Crippen molar-refractivity contribution in [1.29, 1.82) is 0 Å². The molecule has 0 spiro atoms. The summed E-state index contributed by atoms with van der Waals surface area (Å²) in [5.74, 6) is -5.99. The summed E-state index contributed by atoms with van der Waals surface area (Å²) in [6.45, 7) is 14.3. The number of H-pyrrole nitrogens is 1. The Labute approximate surface area is 663 Å². The first kappa shape index (κ1) is 87.1. The molecule has 3 fully saturated rings. The van der Waals surface area contributed by atoms with Crippen LogP contribution in [0.1, 0.15) is 121 Å². The van der Waals surface area contributed by atoms with Crippen molar-refractivity contribution in [2.45, 2.75) is 176 Å². The van der Waals surface area contributed by atoms with Crippen LogP contribution in [-0.2, 0) is 87.5 Å². The molecule has 8 rings (SSSR count). The number of fused-ring (bicyclic) bond motifs is 1. The van der Waals surface area contributed by atoms with E-state index < -0.39 is 131 Å². The summed E-state index contributed by atoms with van der Waals surface area (Å²) in [6, 6.07) is 21.8. The maximum absolute atomic E-state index is 15.1. The number of primary amides is 1. The number of para-hydroxylation sites is 1. The number of unbranched alkanes of at least 4 members (excludes halogenated alkanes) is 2. The van der Waals surface area contributed by atoms with Gasteiger partial charge in [0, 0.05) is 71.6 Å². The number of likely N-dealkylation sites (tertiary alicyclic amines) is 2. The smallest absolute Gasteiger partial charge is 0.411 e. The Kier molecular flexibility index (Phi) is 33.6. The molecule has 4 heterocycles. The number of rotatable bonds is 40. The number of carbonyl (C=O) groups excluding carboxylic acids is 12. The number of hydrogen-bond donors (Lipinski definition) is 8. The summed E-state index contributed by atoms with van der Waals surface area (Å²) in [6.07, 6.45) is 2.09. The van der Waals surface area contributed by atoms with Gasteiger partial charge in [0.05, 0.1) is 17.3 Å². The van der Waals surface area contributed by atoms with Crippen molar-refractivity contribution in [2.24, 2.45) is 15.7 Å². The molecule has 598 valence electrons. The van der Waals surface area contributed by atoms with Crippen molar-refractivity contribution in [2.75, 3.05) is 64.3 Å². The molecule has 3 aliphatic heterocycles. The third kappa shape index (κ3) is 26.9. The van der Waals surface area contributed by atoms with Crippen molar-refractivity contribution in [3.8, 4) is 0 Å². The number of hydrogen-bond acceptors (Lipinski definition) is 22. The summed E-state index contributed by atoms with van der Waals surface area (Å²) < 4.78 is 16.8. The molecule has 33 heteroatoms. The van der Waals surface area contributed by atoms with Gasteiger partial charge in [-0.05, 0) is 158 Å². The van der Waals surface area contributed by atoms with Crippen LogP contribution in [0, 0.1) is 0 Å². The van der Waals surface area contributed by atoms with Crippen LogP contribution in [-0.4, -0.2) is 225 Å². The van der Waals surface area contributed by atoms with Crippen molar-refractivity contribution in [1.82, 2.24) is 56.5 Å². The minimum Gasteiger partial charge on any atom is -0.454 e. The summed E-state index contributed by atoms with van der Waals surface area (Å²) in [7, 11) is 6.65. The number of alkyl carbamates (subject to hydrolysis) is 1. The maximum atomic E-state index is 15.1. The largest absolute Gasteiger partial charge is 0.454 e. The zero-order valence-corrected chi connectivity index (χ0v) is 66.9. The van der Waals surface area contributed by atoms with Gasteiger partial charge in [0.15, 0.2) is 11.7 Å². The van der Waals surface area contributed by atoms with Gasteiger partial charge < -0.3 is 71.5 Å². The van der Waals surface area contributed by atoms with E-state index in [0.717, 1.165) is 28.2 Å². The Morgan fingerprint density at radius 2 is 1.27 bits per heavy atom. The Morgan fingerprint density at radius 3 is 1.93 bits per heavy atom. The first-order valence-electron chi connectivity index (χ1n) is 37.0. The van der Waals surface area contributed by atoms with Crippen LogP contribution < -0.4 is 37.6 Å². The van der Waals surface area contributed by atoms with Crippen LogP contribution in [0.15, 0.2) is 119 Å².